The molecule has 28 heavy (non-hydrogen) atoms. The maximum Gasteiger partial charge on any atom is 0.257 e. The van der Waals surface area contributed by atoms with E-state index in [1.54, 1.807) is 36.1 Å². The molecular formula is C20H18Cl2N4O2. The molecule has 2 aromatic carbocycles. The minimum Gasteiger partial charge on any atom is -0.332 e. The molecule has 0 saturated carbocycles. The molecule has 0 spiro atoms. The van der Waals surface area contributed by atoms with Gasteiger partial charge in [0.2, 0.25) is 5.91 Å². The van der Waals surface area contributed by atoms with Crippen molar-refractivity contribution < 1.29 is 9.59 Å². The van der Waals surface area contributed by atoms with Gasteiger partial charge in [-0.05, 0) is 17.7 Å². The zero-order valence-electron chi connectivity index (χ0n) is 15.1. The highest BCUT2D eigenvalue weighted by molar-refractivity contribution is 6.39. The SMILES string of the molecule is CN(CC(=O)Nc1c(Cl)cccc1Cl)C(=O)c1cnn(Cc2ccccc2)c1. The lowest BCUT2D eigenvalue weighted by molar-refractivity contribution is -0.116. The summed E-state index contributed by atoms with van der Waals surface area (Å²) in [6.07, 6.45) is 3.15. The van der Waals surface area contributed by atoms with E-state index in [1.807, 2.05) is 30.3 Å². The van der Waals surface area contributed by atoms with Crippen LogP contribution < -0.4 is 5.32 Å². The first-order valence-electron chi connectivity index (χ1n) is 8.50. The fourth-order valence-corrected chi connectivity index (χ4v) is 3.13. The molecule has 0 aliphatic rings. The van der Waals surface area contributed by atoms with Crippen molar-refractivity contribution in [3.05, 3.63) is 82.1 Å². The van der Waals surface area contributed by atoms with Gasteiger partial charge in [-0.15, -0.1) is 0 Å². The number of nitrogens with zero attached hydrogens (tertiary/aromatic N) is 3. The van der Waals surface area contributed by atoms with Crippen LogP contribution in [0, 0.1) is 0 Å². The standard InChI is InChI=1S/C20H18Cl2N4O2/c1-25(13-18(27)24-19-16(21)8-5-9-17(19)22)20(28)15-10-23-26(12-15)11-14-6-3-2-4-7-14/h2-10,12H,11,13H2,1H3,(H,24,27). The number of likely N-dealkylation sites (N-methyl/N-ethyl adjacent to an activating group) is 1. The van der Waals surface area contributed by atoms with Crippen molar-refractivity contribution in [1.29, 1.82) is 0 Å². The number of anilines is 1. The number of benzene rings is 2. The van der Waals surface area contributed by atoms with Gasteiger partial charge in [-0.2, -0.15) is 5.10 Å². The molecule has 144 valence electrons. The predicted octanol–water partition coefficient (Wildman–Crippen LogP) is 3.95. The quantitative estimate of drug-likeness (QED) is 0.661. The summed E-state index contributed by atoms with van der Waals surface area (Å²) >= 11 is 12.1. The molecule has 0 unspecified atom stereocenters. The molecule has 1 aromatic heterocycles. The van der Waals surface area contributed by atoms with Crippen LogP contribution in [0.2, 0.25) is 10.0 Å². The third-order valence-electron chi connectivity index (χ3n) is 4.02. The first-order chi connectivity index (χ1) is 13.4. The Bertz CT molecular complexity index is 969. The van der Waals surface area contributed by atoms with Crippen LogP contribution in [0.5, 0.6) is 0 Å². The highest BCUT2D eigenvalue weighted by Gasteiger charge is 2.18. The second-order valence-electron chi connectivity index (χ2n) is 6.22. The van der Waals surface area contributed by atoms with Gasteiger partial charge in [0.15, 0.2) is 0 Å². The van der Waals surface area contributed by atoms with E-state index in [2.05, 4.69) is 10.4 Å². The van der Waals surface area contributed by atoms with Gasteiger partial charge in [-0.1, -0.05) is 59.6 Å². The van der Waals surface area contributed by atoms with E-state index >= 15 is 0 Å². The lowest BCUT2D eigenvalue weighted by Gasteiger charge is -2.16. The molecule has 0 atom stereocenters. The second-order valence-corrected chi connectivity index (χ2v) is 7.03. The number of hydrogen-bond donors (Lipinski definition) is 1. The minimum atomic E-state index is -0.400. The molecule has 3 rings (SSSR count). The van der Waals surface area contributed by atoms with Crippen LogP contribution in [0.25, 0.3) is 0 Å². The van der Waals surface area contributed by atoms with Crippen molar-refractivity contribution in [3.63, 3.8) is 0 Å². The summed E-state index contributed by atoms with van der Waals surface area (Å²) in [4.78, 5) is 26.1. The number of carbonyl (C=O) groups is 2. The molecule has 3 aromatic rings. The summed E-state index contributed by atoms with van der Waals surface area (Å²) in [5.41, 5.74) is 1.81. The molecule has 0 aliphatic heterocycles. The minimum absolute atomic E-state index is 0.149. The van der Waals surface area contributed by atoms with E-state index in [0.717, 1.165) is 5.56 Å². The van der Waals surface area contributed by atoms with E-state index < -0.39 is 5.91 Å². The summed E-state index contributed by atoms with van der Waals surface area (Å²) < 4.78 is 1.68. The van der Waals surface area contributed by atoms with Crippen LogP contribution in [0.4, 0.5) is 5.69 Å². The van der Waals surface area contributed by atoms with Crippen molar-refractivity contribution in [2.45, 2.75) is 6.54 Å². The highest BCUT2D eigenvalue weighted by Crippen LogP contribution is 2.29. The molecule has 0 bridgehead atoms. The molecule has 2 amide bonds. The molecule has 6 nitrogen and oxygen atoms in total. The topological polar surface area (TPSA) is 67.2 Å². The molecule has 0 saturated heterocycles. The van der Waals surface area contributed by atoms with Gasteiger partial charge in [-0.25, -0.2) is 0 Å². The monoisotopic (exact) mass is 416 g/mol. The molecular weight excluding hydrogens is 399 g/mol. The Kier molecular flexibility index (Phi) is 6.34. The average Bonchev–Trinajstić information content (AvgIpc) is 3.13. The first-order valence-corrected chi connectivity index (χ1v) is 9.25. The lowest BCUT2D eigenvalue weighted by Crippen LogP contribution is -2.34. The van der Waals surface area contributed by atoms with E-state index in [-0.39, 0.29) is 12.5 Å². The van der Waals surface area contributed by atoms with Gasteiger partial charge < -0.3 is 10.2 Å². The fourth-order valence-electron chi connectivity index (χ4n) is 2.63. The Morgan fingerprint density at radius 3 is 2.43 bits per heavy atom. The highest BCUT2D eigenvalue weighted by atomic mass is 35.5. The van der Waals surface area contributed by atoms with Gasteiger partial charge in [0.25, 0.3) is 5.91 Å². The zero-order chi connectivity index (χ0) is 20.1. The van der Waals surface area contributed by atoms with Crippen molar-refractivity contribution >= 4 is 40.7 Å². The summed E-state index contributed by atoms with van der Waals surface area (Å²) in [5.74, 6) is -0.706. The molecule has 1 N–H and O–H groups in total. The number of aromatic nitrogens is 2. The first kappa shape index (κ1) is 19.9. The number of amides is 2. The van der Waals surface area contributed by atoms with Gasteiger partial charge in [-0.3, -0.25) is 14.3 Å². The zero-order valence-corrected chi connectivity index (χ0v) is 16.6. The average molecular weight is 417 g/mol. The number of halogens is 2. The Morgan fingerprint density at radius 2 is 1.75 bits per heavy atom. The van der Waals surface area contributed by atoms with Gasteiger partial charge in [0.05, 0.1) is 40.6 Å². The predicted molar refractivity (Wildman–Crippen MR) is 110 cm³/mol. The van der Waals surface area contributed by atoms with Crippen molar-refractivity contribution in [2.24, 2.45) is 0 Å². The fraction of sp³-hybridized carbons (Fsp3) is 0.150. The van der Waals surface area contributed by atoms with Gasteiger partial charge in [0, 0.05) is 13.2 Å². The third-order valence-corrected chi connectivity index (χ3v) is 4.65. The van der Waals surface area contributed by atoms with E-state index in [0.29, 0.717) is 27.8 Å². The van der Waals surface area contributed by atoms with Crippen LogP contribution in [-0.2, 0) is 11.3 Å². The van der Waals surface area contributed by atoms with Gasteiger partial charge >= 0.3 is 0 Å². The largest absolute Gasteiger partial charge is 0.332 e. The number of nitrogens with one attached hydrogen (secondary N) is 1. The third kappa shape index (κ3) is 4.91. The second kappa shape index (κ2) is 8.91. The maximum absolute atomic E-state index is 12.6. The van der Waals surface area contributed by atoms with Crippen LogP contribution in [0.1, 0.15) is 15.9 Å². The molecule has 0 aliphatic carbocycles. The Balaban J connectivity index is 1.60. The van der Waals surface area contributed by atoms with Crippen molar-refractivity contribution in [3.8, 4) is 0 Å². The smallest absolute Gasteiger partial charge is 0.257 e. The van der Waals surface area contributed by atoms with E-state index in [1.165, 1.54) is 11.1 Å². The number of carbonyl (C=O) groups excluding carboxylic acids is 2. The normalized spacial score (nSPS) is 10.5. The Labute approximate surface area is 172 Å². The summed E-state index contributed by atoms with van der Waals surface area (Å²) in [6.45, 7) is 0.410. The van der Waals surface area contributed by atoms with E-state index in [4.69, 9.17) is 23.2 Å². The molecule has 0 fully saturated rings. The molecule has 8 heteroatoms. The molecule has 1 heterocycles. The van der Waals surface area contributed by atoms with Crippen LogP contribution in [0.15, 0.2) is 60.9 Å². The maximum atomic E-state index is 12.6. The number of rotatable bonds is 6. The van der Waals surface area contributed by atoms with Crippen molar-refractivity contribution in [2.75, 3.05) is 18.9 Å². The van der Waals surface area contributed by atoms with Crippen molar-refractivity contribution in [1.82, 2.24) is 14.7 Å². The van der Waals surface area contributed by atoms with E-state index in [9.17, 15) is 9.59 Å². The lowest BCUT2D eigenvalue weighted by atomic mass is 10.2. The van der Waals surface area contributed by atoms with Crippen LogP contribution in [0.3, 0.4) is 0 Å². The summed E-state index contributed by atoms with van der Waals surface area (Å²) in [5, 5.41) is 7.52. The molecule has 0 radical (unpaired) electrons. The van der Waals surface area contributed by atoms with Gasteiger partial charge in [0.1, 0.15) is 0 Å². The Morgan fingerprint density at radius 1 is 1.07 bits per heavy atom. The number of hydrogen-bond acceptors (Lipinski definition) is 3. The summed E-state index contributed by atoms with van der Waals surface area (Å²) in [6, 6.07) is 14.7. The summed E-state index contributed by atoms with van der Waals surface area (Å²) in [7, 11) is 1.55. The number of para-hydroxylation sites is 1. The van der Waals surface area contributed by atoms with Crippen LogP contribution in [-0.4, -0.2) is 40.1 Å². The Hall–Kier alpha value is -2.83. The van der Waals surface area contributed by atoms with Crippen LogP contribution >= 0.6 is 23.2 Å².